The van der Waals surface area contributed by atoms with Gasteiger partial charge in [-0.2, -0.15) is 0 Å². The minimum absolute atomic E-state index is 0.0194. The number of aliphatic carboxylic acids is 1. The quantitative estimate of drug-likeness (QED) is 0.286. The van der Waals surface area contributed by atoms with Gasteiger partial charge in [-0.15, -0.1) is 18.3 Å². The molecule has 0 spiro atoms. The second kappa shape index (κ2) is 12.2. The molecule has 0 heterocycles. The zero-order valence-electron chi connectivity index (χ0n) is 24.2. The van der Waals surface area contributed by atoms with Crippen LogP contribution in [0.2, 0.25) is 0 Å². The highest BCUT2D eigenvalue weighted by molar-refractivity contribution is 8.00. The lowest BCUT2D eigenvalue weighted by Crippen LogP contribution is -2.63. The molecule has 0 aromatic rings. The predicted molar refractivity (Wildman–Crippen MR) is 152 cm³/mol. The third-order valence-electron chi connectivity index (χ3n) is 10.8. The van der Waals surface area contributed by atoms with Crippen molar-refractivity contribution in [2.45, 2.75) is 116 Å². The van der Waals surface area contributed by atoms with Gasteiger partial charge in [-0.3, -0.25) is 14.4 Å². The zero-order valence-corrected chi connectivity index (χ0v) is 25.0. The lowest BCUT2D eigenvalue weighted by Gasteiger charge is -2.61. The van der Waals surface area contributed by atoms with Crippen molar-refractivity contribution in [3.8, 4) is 0 Å². The first-order valence-electron chi connectivity index (χ1n) is 14.4. The maximum atomic E-state index is 13.5. The van der Waals surface area contributed by atoms with Crippen molar-refractivity contribution in [2.75, 3.05) is 5.75 Å². The van der Waals surface area contributed by atoms with Crippen molar-refractivity contribution in [3.05, 3.63) is 12.7 Å². The number of carboxylic acids is 1. The molecule has 0 saturated heterocycles. The number of hydrogen-bond donors (Lipinski definition) is 4. The van der Waals surface area contributed by atoms with Gasteiger partial charge in [0.05, 0.1) is 18.0 Å². The van der Waals surface area contributed by atoms with Gasteiger partial charge in [0.15, 0.2) is 0 Å². The Hall–Kier alpha value is -1.42. The van der Waals surface area contributed by atoms with E-state index < -0.39 is 35.1 Å². The molecule has 0 aromatic carbocycles. The van der Waals surface area contributed by atoms with Crippen LogP contribution in [-0.4, -0.2) is 68.4 Å². The molecule has 4 aliphatic carbocycles. The number of carbonyl (C=O) groups is 3. The molecular weight excluding hydrogens is 518 g/mol. The van der Waals surface area contributed by atoms with Gasteiger partial charge in [-0.25, -0.2) is 0 Å². The Kier molecular flexibility index (Phi) is 10.1. The van der Waals surface area contributed by atoms with Crippen molar-refractivity contribution < 1.29 is 34.4 Å². The second-order valence-electron chi connectivity index (χ2n) is 13.1. The molecule has 4 saturated carbocycles. The minimum Gasteiger partial charge on any atom is -0.481 e. The van der Waals surface area contributed by atoms with Crippen LogP contribution >= 0.6 is 11.8 Å². The Bertz CT molecular complexity index is 940. The number of aliphatic hydroxyl groups is 2. The summed E-state index contributed by atoms with van der Waals surface area (Å²) in [6, 6.07) is 0.0195. The number of Topliss-reactive ketones (excluding diaryl/α,β-unsaturated/α-hetero) is 1. The molecule has 8 nitrogen and oxygen atoms in total. The van der Waals surface area contributed by atoms with Crippen LogP contribution in [0.1, 0.15) is 86.0 Å². The molecule has 0 aliphatic heterocycles. The zero-order chi connectivity index (χ0) is 29.3. The Morgan fingerprint density at radius 1 is 1.18 bits per heavy atom. The maximum Gasteiger partial charge on any atom is 0.316 e. The Morgan fingerprint density at radius 3 is 2.41 bits per heavy atom. The van der Waals surface area contributed by atoms with E-state index in [0.29, 0.717) is 19.3 Å². The van der Waals surface area contributed by atoms with Crippen LogP contribution in [0.3, 0.4) is 0 Å². The first kappa shape index (κ1) is 32.1. The van der Waals surface area contributed by atoms with Crippen molar-refractivity contribution >= 4 is 29.5 Å². The van der Waals surface area contributed by atoms with Gasteiger partial charge in [0.1, 0.15) is 11.9 Å². The van der Waals surface area contributed by atoms with E-state index in [4.69, 9.17) is 20.4 Å². The number of rotatable bonds is 5. The highest BCUT2D eigenvalue weighted by Gasteiger charge is 2.68. The van der Waals surface area contributed by atoms with E-state index in [1.165, 1.54) is 11.8 Å². The molecule has 11 atom stereocenters. The lowest BCUT2D eigenvalue weighted by molar-refractivity contribution is -0.205. The molecule has 4 rings (SSSR count). The molecule has 0 radical (unpaired) electrons. The fraction of sp³-hybridized carbons (Fsp3) is 0.833. The predicted octanol–water partition coefficient (Wildman–Crippen LogP) is 3.96. The van der Waals surface area contributed by atoms with Gasteiger partial charge in [0.25, 0.3) is 5.97 Å². The van der Waals surface area contributed by atoms with E-state index in [9.17, 15) is 19.8 Å². The topological polar surface area (TPSA) is 147 Å². The van der Waals surface area contributed by atoms with E-state index in [2.05, 4.69) is 27.4 Å². The molecule has 4 aliphatic rings. The molecule has 39 heavy (non-hydrogen) atoms. The normalized spacial score (nSPS) is 45.6. The lowest BCUT2D eigenvalue weighted by atomic mass is 9.44. The number of hydrogen-bond acceptors (Lipinski definition) is 8. The maximum absolute atomic E-state index is 13.5. The number of nitrogens with two attached hydrogens (primary N) is 1. The van der Waals surface area contributed by atoms with Crippen LogP contribution < -0.4 is 5.73 Å². The highest BCUT2D eigenvalue weighted by Crippen LogP contribution is 2.68. The third kappa shape index (κ3) is 6.11. The molecule has 4 fully saturated rings. The number of ether oxygens (including phenoxy) is 1. The van der Waals surface area contributed by atoms with Crippen LogP contribution in [-0.2, 0) is 19.1 Å². The van der Waals surface area contributed by atoms with E-state index in [0.717, 1.165) is 39.0 Å². The number of esters is 1. The first-order valence-corrected chi connectivity index (χ1v) is 15.5. The Morgan fingerprint density at radius 2 is 1.82 bits per heavy atom. The van der Waals surface area contributed by atoms with Gasteiger partial charge < -0.3 is 25.8 Å². The van der Waals surface area contributed by atoms with Crippen LogP contribution in [0.15, 0.2) is 12.7 Å². The summed E-state index contributed by atoms with van der Waals surface area (Å²) in [6.45, 7) is 13.6. The monoisotopic (exact) mass is 567 g/mol. The van der Waals surface area contributed by atoms with E-state index >= 15 is 0 Å². The van der Waals surface area contributed by atoms with Crippen molar-refractivity contribution in [1.82, 2.24) is 0 Å². The SMILES string of the molecule is C=C[C@]1(C)C[C@@H](OC(=O)CS[C@@H]2CC[C@@H](N)C[C@H]2O)[C@]2(C)[C@H](C)CC[C@]3(CCC(=O)[C@H]32)[C@@H](C)[C@H]1O.CC(=O)O. The number of carbonyl (C=O) groups excluding carboxylic acids is 2. The molecule has 9 heteroatoms. The summed E-state index contributed by atoms with van der Waals surface area (Å²) >= 11 is 1.45. The van der Waals surface area contributed by atoms with Crippen LogP contribution in [0.4, 0.5) is 0 Å². The summed E-state index contributed by atoms with van der Waals surface area (Å²) in [5.41, 5.74) is 4.57. The number of ketones is 1. The van der Waals surface area contributed by atoms with E-state index in [-0.39, 0.29) is 52.0 Å². The first-order chi connectivity index (χ1) is 18.1. The van der Waals surface area contributed by atoms with Crippen LogP contribution in [0.25, 0.3) is 0 Å². The molecule has 2 bridgehead atoms. The molecule has 0 amide bonds. The summed E-state index contributed by atoms with van der Waals surface area (Å²) in [5, 5.41) is 29.4. The fourth-order valence-electron chi connectivity index (χ4n) is 8.21. The fourth-order valence-corrected chi connectivity index (χ4v) is 9.27. The summed E-state index contributed by atoms with van der Waals surface area (Å²) in [5.74, 6) is -0.772. The largest absolute Gasteiger partial charge is 0.481 e. The Balaban J connectivity index is 0.000000983. The standard InChI is InChI=1S/C28H45NO5S.C2H4O2/c1-6-26(4)14-22(34-23(32)15-35-21-8-7-18(29)13-20(21)31)27(5)16(2)9-11-28(17(3)25(26)33)12-10-19(30)24(27)28;1-2(3)4/h6,16-18,20-22,24-25,31,33H,1,7-15,29H2,2-5H3;1H3,(H,3,4)/t16-,17+,18-,20-,21-,22-,24+,25-,26-,27+,28+;/m1./s1. The molecule has 5 N–H and O–H groups in total. The summed E-state index contributed by atoms with van der Waals surface area (Å²) in [7, 11) is 0. The number of aliphatic hydroxyl groups excluding tert-OH is 2. The number of thioether (sulfide) groups is 1. The highest BCUT2D eigenvalue weighted by atomic mass is 32.2. The molecule has 222 valence electrons. The number of carboxylic acid groups (broad SMARTS) is 1. The summed E-state index contributed by atoms with van der Waals surface area (Å²) < 4.78 is 6.29. The van der Waals surface area contributed by atoms with Gasteiger partial charge in [0.2, 0.25) is 0 Å². The van der Waals surface area contributed by atoms with E-state index in [1.54, 1.807) is 0 Å². The Labute approximate surface area is 237 Å². The van der Waals surface area contributed by atoms with Crippen LogP contribution in [0, 0.1) is 34.0 Å². The molecule has 0 unspecified atom stereocenters. The average Bonchev–Trinajstić information content (AvgIpc) is 3.21. The van der Waals surface area contributed by atoms with E-state index in [1.807, 2.05) is 13.0 Å². The summed E-state index contributed by atoms with van der Waals surface area (Å²) in [6.07, 6.45) is 6.01. The van der Waals surface area contributed by atoms with Gasteiger partial charge in [-0.1, -0.05) is 33.8 Å². The van der Waals surface area contributed by atoms with Gasteiger partial charge in [0, 0.05) is 41.4 Å². The smallest absolute Gasteiger partial charge is 0.316 e. The van der Waals surface area contributed by atoms with Crippen molar-refractivity contribution in [2.24, 2.45) is 39.7 Å². The average molecular weight is 568 g/mol. The van der Waals surface area contributed by atoms with Gasteiger partial charge >= 0.3 is 5.97 Å². The minimum atomic E-state index is -0.833. The van der Waals surface area contributed by atoms with Crippen molar-refractivity contribution in [3.63, 3.8) is 0 Å². The molecule has 0 aromatic heterocycles. The third-order valence-corrected chi connectivity index (χ3v) is 12.2. The summed E-state index contributed by atoms with van der Waals surface area (Å²) in [4.78, 5) is 35.7. The molecular formula is C30H49NO7S. The van der Waals surface area contributed by atoms with Crippen LogP contribution in [0.5, 0.6) is 0 Å². The van der Waals surface area contributed by atoms with Gasteiger partial charge in [-0.05, 0) is 62.2 Å². The second-order valence-corrected chi connectivity index (χ2v) is 14.3. The van der Waals surface area contributed by atoms with Crippen molar-refractivity contribution in [1.29, 1.82) is 0 Å².